The molecule has 0 saturated heterocycles. The van der Waals surface area contributed by atoms with Crippen LogP contribution in [0.5, 0.6) is 0 Å². The third-order valence-electron chi connectivity index (χ3n) is 3.17. The Morgan fingerprint density at radius 1 is 1.15 bits per heavy atom. The molecule has 4 nitrogen and oxygen atoms in total. The second kappa shape index (κ2) is 7.58. The summed E-state index contributed by atoms with van der Waals surface area (Å²) in [7, 11) is 0. The van der Waals surface area contributed by atoms with Crippen molar-refractivity contribution in [3.63, 3.8) is 0 Å². The molecule has 20 heavy (non-hydrogen) atoms. The molecule has 0 aliphatic rings. The largest absolute Gasteiger partial charge is 0.370 e. The van der Waals surface area contributed by atoms with Crippen LogP contribution in [-0.2, 0) is 12.8 Å². The molecule has 0 spiro atoms. The summed E-state index contributed by atoms with van der Waals surface area (Å²) in [5, 5.41) is 3.41. The first-order chi connectivity index (χ1) is 9.85. The van der Waals surface area contributed by atoms with Crippen LogP contribution in [0.1, 0.15) is 43.5 Å². The summed E-state index contributed by atoms with van der Waals surface area (Å²) in [5.74, 6) is 0.989. The van der Waals surface area contributed by atoms with E-state index in [1.165, 1.54) is 11.1 Å². The highest BCUT2D eigenvalue weighted by Crippen LogP contribution is 2.20. The van der Waals surface area contributed by atoms with Crippen molar-refractivity contribution >= 4 is 5.82 Å². The van der Waals surface area contributed by atoms with Gasteiger partial charge in [-0.3, -0.25) is 4.98 Å². The van der Waals surface area contributed by atoms with Gasteiger partial charge in [0.25, 0.3) is 0 Å². The van der Waals surface area contributed by atoms with E-state index in [2.05, 4.69) is 40.2 Å². The van der Waals surface area contributed by atoms with Gasteiger partial charge < -0.3 is 5.32 Å². The molecule has 0 aliphatic heterocycles. The normalized spacial score (nSPS) is 10.5. The Hall–Kier alpha value is -1.97. The van der Waals surface area contributed by atoms with Crippen LogP contribution < -0.4 is 5.32 Å². The Labute approximate surface area is 120 Å². The van der Waals surface area contributed by atoms with Crippen LogP contribution in [-0.4, -0.2) is 21.5 Å². The molecule has 0 bridgehead atoms. The van der Waals surface area contributed by atoms with E-state index in [0.717, 1.165) is 43.7 Å². The van der Waals surface area contributed by atoms with Crippen molar-refractivity contribution in [1.29, 1.82) is 0 Å². The number of nitrogens with one attached hydrogen (secondary N) is 1. The third-order valence-corrected chi connectivity index (χ3v) is 3.17. The minimum Gasteiger partial charge on any atom is -0.370 e. The van der Waals surface area contributed by atoms with Gasteiger partial charge >= 0.3 is 0 Å². The lowest BCUT2D eigenvalue weighted by atomic mass is 10.0. The second-order valence-electron chi connectivity index (χ2n) is 4.86. The van der Waals surface area contributed by atoms with E-state index < -0.39 is 0 Å². The minimum atomic E-state index is 0.812. The first-order valence-corrected chi connectivity index (χ1v) is 7.30. The molecule has 2 heterocycles. The maximum atomic E-state index is 4.48. The van der Waals surface area contributed by atoms with Gasteiger partial charge in [-0.2, -0.15) is 0 Å². The molecule has 2 rings (SSSR count). The molecule has 0 aliphatic carbocycles. The lowest BCUT2D eigenvalue weighted by Crippen LogP contribution is -2.09. The number of rotatable bonds is 7. The predicted octanol–water partition coefficient (Wildman–Crippen LogP) is 3.24. The Morgan fingerprint density at radius 3 is 2.75 bits per heavy atom. The summed E-state index contributed by atoms with van der Waals surface area (Å²) >= 11 is 0. The fourth-order valence-electron chi connectivity index (χ4n) is 2.21. The Morgan fingerprint density at radius 2 is 2.05 bits per heavy atom. The highest BCUT2D eigenvalue weighted by molar-refractivity contribution is 5.47. The fraction of sp³-hybridized carbons (Fsp3) is 0.438. The first kappa shape index (κ1) is 14.4. The van der Waals surface area contributed by atoms with Crippen LogP contribution in [0.4, 0.5) is 5.82 Å². The van der Waals surface area contributed by atoms with Crippen molar-refractivity contribution in [3.05, 3.63) is 47.7 Å². The molecule has 0 aromatic carbocycles. The van der Waals surface area contributed by atoms with Gasteiger partial charge in [-0.1, -0.05) is 26.3 Å². The topological polar surface area (TPSA) is 50.7 Å². The number of anilines is 1. The Bertz CT molecular complexity index is 525. The minimum absolute atomic E-state index is 0.812. The zero-order chi connectivity index (χ0) is 14.2. The summed E-state index contributed by atoms with van der Waals surface area (Å²) in [6.07, 6.45) is 9.35. The molecule has 4 heteroatoms. The van der Waals surface area contributed by atoms with Gasteiger partial charge in [0.1, 0.15) is 12.1 Å². The van der Waals surface area contributed by atoms with Crippen LogP contribution in [0.15, 0.2) is 30.9 Å². The quantitative estimate of drug-likeness (QED) is 0.839. The summed E-state index contributed by atoms with van der Waals surface area (Å²) in [5.41, 5.74) is 3.53. The summed E-state index contributed by atoms with van der Waals surface area (Å²) in [4.78, 5) is 13.1. The lowest BCUT2D eigenvalue weighted by Gasteiger charge is -2.13. The molecular formula is C16H22N4. The molecule has 0 atom stereocenters. The van der Waals surface area contributed by atoms with E-state index in [-0.39, 0.29) is 0 Å². The number of hydrogen-bond donors (Lipinski definition) is 1. The molecule has 1 N–H and O–H groups in total. The average Bonchev–Trinajstić information content (AvgIpc) is 2.49. The molecule has 106 valence electrons. The average molecular weight is 270 g/mol. The van der Waals surface area contributed by atoms with Crippen molar-refractivity contribution in [2.24, 2.45) is 0 Å². The molecule has 0 fully saturated rings. The van der Waals surface area contributed by atoms with Gasteiger partial charge in [0, 0.05) is 30.9 Å². The molecule has 2 aromatic heterocycles. The van der Waals surface area contributed by atoms with E-state index in [1.54, 1.807) is 12.5 Å². The number of nitrogens with zero attached hydrogens (tertiary/aromatic N) is 3. The van der Waals surface area contributed by atoms with Gasteiger partial charge in [0.2, 0.25) is 0 Å². The SMILES string of the molecule is CCCNc1ncnc(Cc2cccnc2)c1CCC. The number of pyridine rings is 1. The van der Waals surface area contributed by atoms with Gasteiger partial charge in [0.15, 0.2) is 0 Å². The maximum absolute atomic E-state index is 4.48. The van der Waals surface area contributed by atoms with Crippen molar-refractivity contribution < 1.29 is 0 Å². The Balaban J connectivity index is 2.26. The van der Waals surface area contributed by atoms with E-state index in [0.29, 0.717) is 0 Å². The Kier molecular flexibility index (Phi) is 5.47. The van der Waals surface area contributed by atoms with Crippen molar-refractivity contribution in [2.75, 3.05) is 11.9 Å². The predicted molar refractivity (Wildman–Crippen MR) is 81.9 cm³/mol. The monoisotopic (exact) mass is 270 g/mol. The number of aromatic nitrogens is 3. The highest BCUT2D eigenvalue weighted by atomic mass is 15.0. The summed E-state index contributed by atoms with van der Waals surface area (Å²) in [6.45, 7) is 5.29. The first-order valence-electron chi connectivity index (χ1n) is 7.30. The highest BCUT2D eigenvalue weighted by Gasteiger charge is 2.11. The molecule has 0 unspecified atom stereocenters. The summed E-state index contributed by atoms with van der Waals surface area (Å²) in [6, 6.07) is 4.05. The second-order valence-corrected chi connectivity index (χ2v) is 4.86. The molecular weight excluding hydrogens is 248 g/mol. The fourth-order valence-corrected chi connectivity index (χ4v) is 2.21. The maximum Gasteiger partial charge on any atom is 0.132 e. The van der Waals surface area contributed by atoms with Crippen LogP contribution in [0.3, 0.4) is 0 Å². The van der Waals surface area contributed by atoms with Crippen molar-refractivity contribution in [2.45, 2.75) is 39.5 Å². The molecule has 0 amide bonds. The molecule has 0 radical (unpaired) electrons. The van der Waals surface area contributed by atoms with Gasteiger partial charge in [0.05, 0.1) is 5.69 Å². The van der Waals surface area contributed by atoms with Crippen molar-refractivity contribution in [3.8, 4) is 0 Å². The van der Waals surface area contributed by atoms with Crippen LogP contribution in [0.2, 0.25) is 0 Å². The van der Waals surface area contributed by atoms with E-state index in [1.807, 2.05) is 12.3 Å². The van der Waals surface area contributed by atoms with E-state index >= 15 is 0 Å². The van der Waals surface area contributed by atoms with Crippen LogP contribution in [0, 0.1) is 0 Å². The van der Waals surface area contributed by atoms with Crippen LogP contribution >= 0.6 is 0 Å². The zero-order valence-corrected chi connectivity index (χ0v) is 12.3. The zero-order valence-electron chi connectivity index (χ0n) is 12.3. The van der Waals surface area contributed by atoms with E-state index in [4.69, 9.17) is 0 Å². The standard InChI is InChI=1S/C16H22N4/c1-3-6-14-15(10-13-7-5-9-17-11-13)19-12-20-16(14)18-8-4-2/h5,7,9,11-12H,3-4,6,8,10H2,1-2H3,(H,18,19,20). The van der Waals surface area contributed by atoms with Crippen molar-refractivity contribution in [1.82, 2.24) is 15.0 Å². The summed E-state index contributed by atoms with van der Waals surface area (Å²) < 4.78 is 0. The molecule has 2 aromatic rings. The smallest absolute Gasteiger partial charge is 0.132 e. The lowest BCUT2D eigenvalue weighted by molar-refractivity contribution is 0.858. The van der Waals surface area contributed by atoms with Gasteiger partial charge in [-0.05, 0) is 24.5 Å². The van der Waals surface area contributed by atoms with E-state index in [9.17, 15) is 0 Å². The molecule has 0 saturated carbocycles. The van der Waals surface area contributed by atoms with Gasteiger partial charge in [-0.15, -0.1) is 0 Å². The number of hydrogen-bond acceptors (Lipinski definition) is 4. The van der Waals surface area contributed by atoms with Crippen LogP contribution in [0.25, 0.3) is 0 Å². The third kappa shape index (κ3) is 3.76. The van der Waals surface area contributed by atoms with Gasteiger partial charge in [-0.25, -0.2) is 9.97 Å².